The molecule has 0 radical (unpaired) electrons. The number of hydrogen-bond acceptors (Lipinski definition) is 3. The van der Waals surface area contributed by atoms with Crippen molar-refractivity contribution in [3.05, 3.63) is 66.0 Å². The number of aromatic nitrogens is 1. The summed E-state index contributed by atoms with van der Waals surface area (Å²) in [7, 11) is 0. The Bertz CT molecular complexity index is 748. The van der Waals surface area contributed by atoms with Crippen LogP contribution < -0.4 is 5.32 Å². The molecule has 0 aliphatic heterocycles. The van der Waals surface area contributed by atoms with Gasteiger partial charge in [-0.25, -0.2) is 0 Å². The lowest BCUT2D eigenvalue weighted by atomic mass is 10.1. The van der Waals surface area contributed by atoms with E-state index in [1.165, 1.54) is 10.8 Å². The second-order valence-corrected chi connectivity index (χ2v) is 4.80. The van der Waals surface area contributed by atoms with Gasteiger partial charge >= 0.3 is 0 Å². The summed E-state index contributed by atoms with van der Waals surface area (Å²) in [5.74, 6) is 0.225. The SMILES string of the molecule is Cc1ccc(O)c(CNc2cccc3ccccc23)n1. The van der Waals surface area contributed by atoms with Crippen LogP contribution in [0.15, 0.2) is 54.6 Å². The number of benzene rings is 2. The minimum absolute atomic E-state index is 0.225. The molecule has 0 aliphatic carbocycles. The van der Waals surface area contributed by atoms with Crippen LogP contribution >= 0.6 is 0 Å². The standard InChI is InChI=1S/C17H16N2O/c1-12-9-10-17(20)16(19-12)11-18-15-8-4-6-13-5-2-3-7-14(13)15/h2-10,18,20H,11H2,1H3. The number of aryl methyl sites for hydroxylation is 1. The van der Waals surface area contributed by atoms with Gasteiger partial charge < -0.3 is 10.4 Å². The molecule has 3 rings (SSSR count). The molecule has 0 unspecified atom stereocenters. The van der Waals surface area contributed by atoms with Gasteiger partial charge in [-0.05, 0) is 30.5 Å². The molecule has 0 spiro atoms. The highest BCUT2D eigenvalue weighted by Crippen LogP contribution is 2.24. The molecular formula is C17H16N2O. The van der Waals surface area contributed by atoms with E-state index in [4.69, 9.17) is 0 Å². The van der Waals surface area contributed by atoms with E-state index in [1.807, 2.05) is 31.2 Å². The van der Waals surface area contributed by atoms with Crippen molar-refractivity contribution in [2.45, 2.75) is 13.5 Å². The normalized spacial score (nSPS) is 10.7. The van der Waals surface area contributed by atoms with Crippen molar-refractivity contribution < 1.29 is 5.11 Å². The molecule has 2 N–H and O–H groups in total. The quantitative estimate of drug-likeness (QED) is 0.755. The zero-order chi connectivity index (χ0) is 13.9. The van der Waals surface area contributed by atoms with Crippen LogP contribution in [0.1, 0.15) is 11.4 Å². The van der Waals surface area contributed by atoms with E-state index in [1.54, 1.807) is 12.1 Å². The van der Waals surface area contributed by atoms with Crippen LogP contribution in [-0.4, -0.2) is 10.1 Å². The van der Waals surface area contributed by atoms with E-state index >= 15 is 0 Å². The molecule has 0 aliphatic rings. The van der Waals surface area contributed by atoms with Crippen LogP contribution in [-0.2, 0) is 6.54 Å². The van der Waals surface area contributed by atoms with Gasteiger partial charge in [-0.3, -0.25) is 4.98 Å². The molecule has 0 saturated heterocycles. The van der Waals surface area contributed by atoms with Gasteiger partial charge in [-0.2, -0.15) is 0 Å². The molecule has 3 heteroatoms. The van der Waals surface area contributed by atoms with Crippen LogP contribution in [0.4, 0.5) is 5.69 Å². The molecule has 3 nitrogen and oxygen atoms in total. The lowest BCUT2D eigenvalue weighted by Gasteiger charge is -2.10. The molecule has 0 fully saturated rings. The van der Waals surface area contributed by atoms with Crippen molar-refractivity contribution in [2.75, 3.05) is 5.32 Å². The fourth-order valence-corrected chi connectivity index (χ4v) is 2.29. The summed E-state index contributed by atoms with van der Waals surface area (Å²) in [6, 6.07) is 17.9. The van der Waals surface area contributed by atoms with Gasteiger partial charge in [0.1, 0.15) is 11.4 Å². The lowest BCUT2D eigenvalue weighted by molar-refractivity contribution is 0.464. The van der Waals surface area contributed by atoms with Gasteiger partial charge in [0.15, 0.2) is 0 Å². The van der Waals surface area contributed by atoms with Crippen LogP contribution in [0.2, 0.25) is 0 Å². The fraction of sp³-hybridized carbons (Fsp3) is 0.118. The number of fused-ring (bicyclic) bond motifs is 1. The smallest absolute Gasteiger partial charge is 0.138 e. The Morgan fingerprint density at radius 2 is 1.80 bits per heavy atom. The summed E-state index contributed by atoms with van der Waals surface area (Å²) in [4.78, 5) is 4.36. The highest BCUT2D eigenvalue weighted by molar-refractivity contribution is 5.93. The molecule has 1 heterocycles. The van der Waals surface area contributed by atoms with Crippen LogP contribution in [0.25, 0.3) is 10.8 Å². The first-order chi connectivity index (χ1) is 9.74. The van der Waals surface area contributed by atoms with Gasteiger partial charge in [-0.15, -0.1) is 0 Å². The second-order valence-electron chi connectivity index (χ2n) is 4.80. The monoisotopic (exact) mass is 264 g/mol. The molecule has 1 aromatic heterocycles. The predicted molar refractivity (Wildman–Crippen MR) is 81.9 cm³/mol. The minimum Gasteiger partial charge on any atom is -0.506 e. The zero-order valence-electron chi connectivity index (χ0n) is 11.3. The van der Waals surface area contributed by atoms with Crippen molar-refractivity contribution in [3.63, 3.8) is 0 Å². The highest BCUT2D eigenvalue weighted by atomic mass is 16.3. The number of anilines is 1. The number of hydrogen-bond donors (Lipinski definition) is 2. The molecule has 3 aromatic rings. The maximum atomic E-state index is 9.82. The first-order valence-corrected chi connectivity index (χ1v) is 6.61. The van der Waals surface area contributed by atoms with E-state index in [9.17, 15) is 5.11 Å². The van der Waals surface area contributed by atoms with E-state index in [2.05, 4.69) is 28.5 Å². The van der Waals surface area contributed by atoms with Gasteiger partial charge in [0.2, 0.25) is 0 Å². The first kappa shape index (κ1) is 12.5. The zero-order valence-corrected chi connectivity index (χ0v) is 11.3. The van der Waals surface area contributed by atoms with Gasteiger partial charge in [0.25, 0.3) is 0 Å². The number of nitrogens with one attached hydrogen (secondary N) is 1. The van der Waals surface area contributed by atoms with Gasteiger partial charge in [-0.1, -0.05) is 36.4 Å². The summed E-state index contributed by atoms with van der Waals surface area (Å²) in [6.45, 7) is 2.42. The van der Waals surface area contributed by atoms with Crippen LogP contribution in [0, 0.1) is 6.92 Å². The number of rotatable bonds is 3. The summed E-state index contributed by atoms with van der Waals surface area (Å²) in [5, 5.41) is 15.5. The fourth-order valence-electron chi connectivity index (χ4n) is 2.29. The van der Waals surface area contributed by atoms with Crippen molar-refractivity contribution in [2.24, 2.45) is 0 Å². The Morgan fingerprint density at radius 3 is 2.70 bits per heavy atom. The van der Waals surface area contributed by atoms with Crippen LogP contribution in [0.5, 0.6) is 5.75 Å². The third kappa shape index (κ3) is 2.43. The van der Waals surface area contributed by atoms with Crippen molar-refractivity contribution >= 4 is 16.5 Å². The molecular weight excluding hydrogens is 248 g/mol. The third-order valence-electron chi connectivity index (χ3n) is 3.33. The Balaban J connectivity index is 1.89. The Labute approximate surface area is 117 Å². The molecule has 100 valence electrons. The molecule has 0 atom stereocenters. The largest absolute Gasteiger partial charge is 0.506 e. The summed E-state index contributed by atoms with van der Waals surface area (Å²) < 4.78 is 0. The third-order valence-corrected chi connectivity index (χ3v) is 3.33. The first-order valence-electron chi connectivity index (χ1n) is 6.61. The van der Waals surface area contributed by atoms with Gasteiger partial charge in [0, 0.05) is 16.8 Å². The number of pyridine rings is 1. The van der Waals surface area contributed by atoms with Crippen molar-refractivity contribution in [1.29, 1.82) is 0 Å². The molecule has 0 bridgehead atoms. The Hall–Kier alpha value is -2.55. The Kier molecular flexibility index (Phi) is 3.25. The average Bonchev–Trinajstić information content (AvgIpc) is 2.48. The van der Waals surface area contributed by atoms with Crippen molar-refractivity contribution in [3.8, 4) is 5.75 Å². The summed E-state index contributed by atoms with van der Waals surface area (Å²) in [6.07, 6.45) is 0. The molecule has 2 aromatic carbocycles. The molecule has 0 saturated carbocycles. The number of nitrogens with zero attached hydrogens (tertiary/aromatic N) is 1. The van der Waals surface area contributed by atoms with Gasteiger partial charge in [0.05, 0.1) is 6.54 Å². The minimum atomic E-state index is 0.225. The van der Waals surface area contributed by atoms with E-state index in [-0.39, 0.29) is 5.75 Å². The second kappa shape index (κ2) is 5.21. The molecule has 0 amide bonds. The maximum Gasteiger partial charge on any atom is 0.138 e. The Morgan fingerprint density at radius 1 is 1.00 bits per heavy atom. The van der Waals surface area contributed by atoms with Crippen LogP contribution in [0.3, 0.4) is 0 Å². The number of aromatic hydroxyl groups is 1. The summed E-state index contributed by atoms with van der Waals surface area (Å²) in [5.41, 5.74) is 2.61. The molecule has 20 heavy (non-hydrogen) atoms. The summed E-state index contributed by atoms with van der Waals surface area (Å²) >= 11 is 0. The topological polar surface area (TPSA) is 45.1 Å². The van der Waals surface area contributed by atoms with E-state index in [0.717, 1.165) is 11.4 Å². The predicted octanol–water partition coefficient (Wildman–Crippen LogP) is 3.86. The lowest BCUT2D eigenvalue weighted by Crippen LogP contribution is -2.03. The van der Waals surface area contributed by atoms with E-state index in [0.29, 0.717) is 12.2 Å². The average molecular weight is 264 g/mol. The van der Waals surface area contributed by atoms with E-state index < -0.39 is 0 Å². The highest BCUT2D eigenvalue weighted by Gasteiger charge is 2.04. The van der Waals surface area contributed by atoms with Crippen molar-refractivity contribution in [1.82, 2.24) is 4.98 Å². The maximum absolute atomic E-state index is 9.82.